The largest absolute Gasteiger partial charge is 0.481 e. The molecular weight excluding hydrogens is 348 g/mol. The summed E-state index contributed by atoms with van der Waals surface area (Å²) in [6.45, 7) is 3.54. The van der Waals surface area contributed by atoms with E-state index in [9.17, 15) is 29.1 Å². The first-order valence-electron chi connectivity index (χ1n) is 8.03. The highest BCUT2D eigenvalue weighted by Gasteiger charge is 2.29. The molecule has 3 atom stereocenters. The number of aliphatic carboxylic acids is 2. The molecule has 0 radical (unpaired) electrons. The number of carboxylic acid groups (broad SMARTS) is 2. The highest BCUT2D eigenvalue weighted by Crippen LogP contribution is 2.07. The van der Waals surface area contributed by atoms with Crippen LogP contribution < -0.4 is 22.1 Å². The van der Waals surface area contributed by atoms with Gasteiger partial charge in [-0.05, 0) is 18.8 Å². The summed E-state index contributed by atoms with van der Waals surface area (Å²) in [6.07, 6.45) is -1.01. The maximum absolute atomic E-state index is 12.3. The number of hydrogen-bond donors (Lipinski definition) is 6. The van der Waals surface area contributed by atoms with E-state index in [4.69, 9.17) is 16.6 Å². The average molecular weight is 374 g/mol. The molecule has 11 heteroatoms. The summed E-state index contributed by atoms with van der Waals surface area (Å²) in [5.74, 6) is -5.00. The van der Waals surface area contributed by atoms with Gasteiger partial charge in [-0.3, -0.25) is 19.2 Å². The van der Waals surface area contributed by atoms with E-state index in [1.54, 1.807) is 13.8 Å². The summed E-state index contributed by atoms with van der Waals surface area (Å²) in [6, 6.07) is -3.81. The molecule has 26 heavy (non-hydrogen) atoms. The van der Waals surface area contributed by atoms with Crippen LogP contribution in [0.5, 0.6) is 0 Å². The number of primary amides is 1. The van der Waals surface area contributed by atoms with Crippen LogP contribution in [0.25, 0.3) is 0 Å². The standard InChI is InChI=1S/C15H26N4O7/c1-7(2)5-10(15(25)26)19-14(24)9(3-4-12(21)22)18-13(23)8(16)6-11(17)20/h7-10H,3-6,16H2,1-2H3,(H2,17,20)(H,18,23)(H,19,24)(H,21,22)(H,25,26). The van der Waals surface area contributed by atoms with Crippen LogP contribution in [0.1, 0.15) is 39.5 Å². The summed E-state index contributed by atoms with van der Waals surface area (Å²) < 4.78 is 0. The summed E-state index contributed by atoms with van der Waals surface area (Å²) >= 11 is 0. The lowest BCUT2D eigenvalue weighted by Crippen LogP contribution is -2.55. The number of nitrogens with one attached hydrogen (secondary N) is 2. The Bertz CT molecular complexity index is 550. The van der Waals surface area contributed by atoms with Gasteiger partial charge < -0.3 is 32.3 Å². The van der Waals surface area contributed by atoms with Gasteiger partial charge in [-0.1, -0.05) is 13.8 Å². The minimum absolute atomic E-state index is 0.0209. The van der Waals surface area contributed by atoms with Crippen molar-refractivity contribution >= 4 is 29.7 Å². The summed E-state index contributed by atoms with van der Waals surface area (Å²) in [5.41, 5.74) is 10.4. The molecule has 0 spiro atoms. The molecule has 0 heterocycles. The Morgan fingerprint density at radius 2 is 1.50 bits per heavy atom. The molecule has 148 valence electrons. The zero-order valence-corrected chi connectivity index (χ0v) is 14.7. The second-order valence-electron chi connectivity index (χ2n) is 6.30. The van der Waals surface area contributed by atoms with Crippen LogP contribution in [0.15, 0.2) is 0 Å². The highest BCUT2D eigenvalue weighted by atomic mass is 16.4. The molecule has 0 saturated heterocycles. The maximum Gasteiger partial charge on any atom is 0.326 e. The quantitative estimate of drug-likeness (QED) is 0.228. The van der Waals surface area contributed by atoms with Crippen LogP contribution in [-0.4, -0.2) is 58.0 Å². The van der Waals surface area contributed by atoms with Crippen molar-refractivity contribution in [1.82, 2.24) is 10.6 Å². The third kappa shape index (κ3) is 9.57. The molecule has 0 aliphatic heterocycles. The van der Waals surface area contributed by atoms with Gasteiger partial charge in [-0.25, -0.2) is 4.79 Å². The second kappa shape index (κ2) is 11.0. The van der Waals surface area contributed by atoms with Gasteiger partial charge in [0.2, 0.25) is 17.7 Å². The molecule has 0 aliphatic carbocycles. The van der Waals surface area contributed by atoms with E-state index in [-0.39, 0.29) is 18.8 Å². The van der Waals surface area contributed by atoms with Crippen molar-refractivity contribution in [1.29, 1.82) is 0 Å². The zero-order chi connectivity index (χ0) is 20.4. The number of rotatable bonds is 12. The Labute approximate surface area is 150 Å². The Kier molecular flexibility index (Phi) is 9.89. The van der Waals surface area contributed by atoms with Crippen molar-refractivity contribution in [3.63, 3.8) is 0 Å². The van der Waals surface area contributed by atoms with Crippen molar-refractivity contribution < 1.29 is 34.2 Å². The zero-order valence-electron chi connectivity index (χ0n) is 14.7. The lowest BCUT2D eigenvalue weighted by molar-refractivity contribution is -0.143. The lowest BCUT2D eigenvalue weighted by Gasteiger charge is -2.23. The summed E-state index contributed by atoms with van der Waals surface area (Å²) in [4.78, 5) is 57.1. The van der Waals surface area contributed by atoms with E-state index in [0.717, 1.165) is 0 Å². The van der Waals surface area contributed by atoms with Crippen molar-refractivity contribution in [3.05, 3.63) is 0 Å². The Hall–Kier alpha value is -2.69. The normalized spacial score (nSPS) is 14.2. The van der Waals surface area contributed by atoms with Crippen LogP contribution in [-0.2, 0) is 24.0 Å². The van der Waals surface area contributed by atoms with Crippen LogP contribution in [0.2, 0.25) is 0 Å². The van der Waals surface area contributed by atoms with Crippen molar-refractivity contribution in [2.45, 2.75) is 57.7 Å². The van der Waals surface area contributed by atoms with Crippen LogP contribution in [0.3, 0.4) is 0 Å². The summed E-state index contributed by atoms with van der Waals surface area (Å²) in [5, 5.41) is 22.5. The molecule has 8 N–H and O–H groups in total. The van der Waals surface area contributed by atoms with Crippen LogP contribution in [0.4, 0.5) is 0 Å². The van der Waals surface area contributed by atoms with E-state index in [0.29, 0.717) is 0 Å². The van der Waals surface area contributed by atoms with E-state index < -0.39 is 60.6 Å². The molecule has 0 bridgehead atoms. The minimum atomic E-state index is -1.31. The molecule has 0 aromatic carbocycles. The fourth-order valence-electron chi connectivity index (χ4n) is 2.09. The van der Waals surface area contributed by atoms with E-state index in [2.05, 4.69) is 10.6 Å². The van der Waals surface area contributed by atoms with Crippen LogP contribution >= 0.6 is 0 Å². The predicted molar refractivity (Wildman–Crippen MR) is 89.6 cm³/mol. The average Bonchev–Trinajstić information content (AvgIpc) is 2.48. The van der Waals surface area contributed by atoms with E-state index >= 15 is 0 Å². The van der Waals surface area contributed by atoms with Crippen molar-refractivity contribution in [3.8, 4) is 0 Å². The van der Waals surface area contributed by atoms with E-state index in [1.165, 1.54) is 0 Å². The molecule has 3 unspecified atom stereocenters. The Morgan fingerprint density at radius 3 is 1.92 bits per heavy atom. The first-order chi connectivity index (χ1) is 11.9. The third-order valence-corrected chi connectivity index (χ3v) is 3.36. The Balaban J connectivity index is 5.11. The predicted octanol–water partition coefficient (Wildman–Crippen LogP) is -1.85. The van der Waals surface area contributed by atoms with Crippen LogP contribution in [0, 0.1) is 5.92 Å². The number of carboxylic acids is 2. The number of hydrogen-bond acceptors (Lipinski definition) is 6. The number of carbonyl (C=O) groups is 5. The molecule has 11 nitrogen and oxygen atoms in total. The first-order valence-corrected chi connectivity index (χ1v) is 8.03. The number of carbonyl (C=O) groups excluding carboxylic acids is 3. The smallest absolute Gasteiger partial charge is 0.326 e. The van der Waals surface area contributed by atoms with Crippen molar-refractivity contribution in [2.75, 3.05) is 0 Å². The van der Waals surface area contributed by atoms with Gasteiger partial charge in [0.15, 0.2) is 0 Å². The van der Waals surface area contributed by atoms with Gasteiger partial charge >= 0.3 is 11.9 Å². The molecule has 3 amide bonds. The van der Waals surface area contributed by atoms with Gasteiger partial charge in [0, 0.05) is 6.42 Å². The topological polar surface area (TPSA) is 202 Å². The molecule has 0 rings (SSSR count). The second-order valence-corrected chi connectivity index (χ2v) is 6.30. The van der Waals surface area contributed by atoms with Crippen molar-refractivity contribution in [2.24, 2.45) is 17.4 Å². The highest BCUT2D eigenvalue weighted by molar-refractivity contribution is 5.93. The van der Waals surface area contributed by atoms with E-state index in [1.807, 2.05) is 0 Å². The minimum Gasteiger partial charge on any atom is -0.481 e. The molecular formula is C15H26N4O7. The maximum atomic E-state index is 12.3. The van der Waals surface area contributed by atoms with Gasteiger partial charge in [0.1, 0.15) is 12.1 Å². The molecule has 0 aromatic heterocycles. The monoisotopic (exact) mass is 374 g/mol. The third-order valence-electron chi connectivity index (χ3n) is 3.36. The SMILES string of the molecule is CC(C)CC(NC(=O)C(CCC(=O)O)NC(=O)C(N)CC(N)=O)C(=O)O. The Morgan fingerprint density at radius 1 is 0.962 bits per heavy atom. The molecule has 0 aromatic rings. The number of nitrogens with two attached hydrogens (primary N) is 2. The number of amides is 3. The molecule has 0 fully saturated rings. The van der Waals surface area contributed by atoms with Gasteiger partial charge in [0.05, 0.1) is 12.5 Å². The lowest BCUT2D eigenvalue weighted by atomic mass is 10.0. The fourth-order valence-corrected chi connectivity index (χ4v) is 2.09. The van der Waals surface area contributed by atoms with Gasteiger partial charge in [-0.2, -0.15) is 0 Å². The molecule has 0 aliphatic rings. The molecule has 0 saturated carbocycles. The first kappa shape index (κ1) is 23.3. The van der Waals surface area contributed by atoms with Gasteiger partial charge in [-0.15, -0.1) is 0 Å². The van der Waals surface area contributed by atoms with Gasteiger partial charge in [0.25, 0.3) is 0 Å². The fraction of sp³-hybridized carbons (Fsp3) is 0.667. The summed E-state index contributed by atoms with van der Waals surface area (Å²) in [7, 11) is 0.